The molecule has 2 heterocycles. The molecule has 144 valence electrons. The minimum atomic E-state index is 0. The summed E-state index contributed by atoms with van der Waals surface area (Å²) in [5, 5.41) is 4.45. The van der Waals surface area contributed by atoms with Crippen molar-refractivity contribution in [3.05, 3.63) is 5.82 Å². The number of piperazine rings is 1. The van der Waals surface area contributed by atoms with Gasteiger partial charge in [-0.25, -0.2) is 4.98 Å². The van der Waals surface area contributed by atoms with E-state index in [9.17, 15) is 0 Å². The Balaban J connectivity index is 0.00000312. The van der Waals surface area contributed by atoms with Gasteiger partial charge in [0.1, 0.15) is 5.82 Å². The maximum atomic E-state index is 5.37. The number of aliphatic imine (C=N–C) groups is 1. The van der Waals surface area contributed by atoms with Gasteiger partial charge in [-0.15, -0.1) is 24.0 Å². The number of halogens is 1. The van der Waals surface area contributed by atoms with Crippen molar-refractivity contribution in [2.75, 3.05) is 57.4 Å². The summed E-state index contributed by atoms with van der Waals surface area (Å²) in [5.74, 6) is 1.96. The fourth-order valence-corrected chi connectivity index (χ4v) is 3.35. The molecule has 1 aromatic rings. The molecular formula is C16H31IN6OS. The second kappa shape index (κ2) is 12.6. The third-order valence-corrected chi connectivity index (χ3v) is 4.69. The molecule has 2 rings (SSSR count). The second-order valence-corrected chi connectivity index (χ2v) is 6.34. The highest BCUT2D eigenvalue weighted by Crippen LogP contribution is 2.19. The lowest BCUT2D eigenvalue weighted by Gasteiger charge is -2.36. The Morgan fingerprint density at radius 3 is 2.60 bits per heavy atom. The van der Waals surface area contributed by atoms with E-state index in [2.05, 4.69) is 38.3 Å². The van der Waals surface area contributed by atoms with Gasteiger partial charge < -0.3 is 19.9 Å². The molecule has 1 aromatic heterocycles. The Bertz CT molecular complexity index is 505. The molecule has 1 fully saturated rings. The van der Waals surface area contributed by atoms with Crippen molar-refractivity contribution in [1.29, 1.82) is 0 Å². The highest BCUT2D eigenvalue weighted by atomic mass is 127. The number of nitrogens with zero attached hydrogens (tertiary/aromatic N) is 5. The van der Waals surface area contributed by atoms with E-state index in [0.29, 0.717) is 0 Å². The molecule has 0 radical (unpaired) electrons. The van der Waals surface area contributed by atoms with E-state index in [0.717, 1.165) is 82.2 Å². The number of nitrogens with one attached hydrogen (secondary N) is 1. The Morgan fingerprint density at radius 2 is 2.00 bits per heavy atom. The number of hydrogen-bond acceptors (Lipinski definition) is 6. The first-order valence-electron chi connectivity index (χ1n) is 8.97. The van der Waals surface area contributed by atoms with Crippen LogP contribution in [0.25, 0.3) is 0 Å². The van der Waals surface area contributed by atoms with Gasteiger partial charge in [0, 0.05) is 70.4 Å². The molecule has 0 aliphatic carbocycles. The fraction of sp³-hybridized carbons (Fsp3) is 0.812. The summed E-state index contributed by atoms with van der Waals surface area (Å²) in [6, 6.07) is 0. The van der Waals surface area contributed by atoms with Crippen LogP contribution in [0.4, 0.5) is 5.13 Å². The Labute approximate surface area is 172 Å². The summed E-state index contributed by atoms with van der Waals surface area (Å²) in [6.45, 7) is 13.3. The smallest absolute Gasteiger partial charge is 0.205 e. The predicted molar refractivity (Wildman–Crippen MR) is 116 cm³/mol. The van der Waals surface area contributed by atoms with Crippen molar-refractivity contribution in [2.45, 2.75) is 33.6 Å². The van der Waals surface area contributed by atoms with Crippen molar-refractivity contribution in [3.8, 4) is 0 Å². The lowest BCUT2D eigenvalue weighted by atomic mass is 10.3. The zero-order valence-corrected chi connectivity index (χ0v) is 18.7. The molecule has 25 heavy (non-hydrogen) atoms. The summed E-state index contributed by atoms with van der Waals surface area (Å²) >= 11 is 1.51. The Hall–Kier alpha value is -0.680. The molecule has 0 bridgehead atoms. The first-order valence-corrected chi connectivity index (χ1v) is 9.74. The van der Waals surface area contributed by atoms with Gasteiger partial charge in [-0.1, -0.05) is 6.92 Å². The van der Waals surface area contributed by atoms with Gasteiger partial charge in [-0.05, 0) is 20.3 Å². The topological polar surface area (TPSA) is 65.9 Å². The zero-order valence-electron chi connectivity index (χ0n) is 15.5. The van der Waals surface area contributed by atoms with Crippen LogP contribution in [0.1, 0.15) is 33.0 Å². The van der Waals surface area contributed by atoms with Crippen LogP contribution in [0.3, 0.4) is 0 Å². The van der Waals surface area contributed by atoms with Crippen molar-refractivity contribution in [3.63, 3.8) is 0 Å². The minimum Gasteiger partial charge on any atom is -0.382 e. The van der Waals surface area contributed by atoms with Gasteiger partial charge in [-0.3, -0.25) is 4.99 Å². The van der Waals surface area contributed by atoms with E-state index < -0.39 is 0 Å². The maximum Gasteiger partial charge on any atom is 0.205 e. The number of aromatic nitrogens is 2. The van der Waals surface area contributed by atoms with Crippen LogP contribution in [0.5, 0.6) is 0 Å². The average molecular weight is 482 g/mol. The molecule has 0 spiro atoms. The summed E-state index contributed by atoms with van der Waals surface area (Å²) in [4.78, 5) is 14.0. The van der Waals surface area contributed by atoms with Crippen LogP contribution in [0, 0.1) is 0 Å². The second-order valence-electron chi connectivity index (χ2n) is 5.61. The third-order valence-electron chi connectivity index (χ3n) is 3.87. The quantitative estimate of drug-likeness (QED) is 0.266. The van der Waals surface area contributed by atoms with Crippen molar-refractivity contribution < 1.29 is 4.74 Å². The van der Waals surface area contributed by atoms with Gasteiger partial charge in [0.2, 0.25) is 5.13 Å². The van der Waals surface area contributed by atoms with Crippen LogP contribution in [-0.4, -0.2) is 72.7 Å². The third kappa shape index (κ3) is 7.22. The number of anilines is 1. The molecular weight excluding hydrogens is 451 g/mol. The van der Waals surface area contributed by atoms with Crippen LogP contribution in [-0.2, 0) is 11.2 Å². The molecule has 1 N–H and O–H groups in total. The summed E-state index contributed by atoms with van der Waals surface area (Å²) < 4.78 is 9.76. The van der Waals surface area contributed by atoms with E-state index >= 15 is 0 Å². The van der Waals surface area contributed by atoms with E-state index in [4.69, 9.17) is 9.73 Å². The molecule has 0 aromatic carbocycles. The van der Waals surface area contributed by atoms with E-state index in [1.54, 1.807) is 0 Å². The molecule has 1 saturated heterocycles. The van der Waals surface area contributed by atoms with Crippen molar-refractivity contribution >= 4 is 46.6 Å². The summed E-state index contributed by atoms with van der Waals surface area (Å²) in [5.41, 5.74) is 0. The van der Waals surface area contributed by atoms with Crippen LogP contribution < -0.4 is 10.2 Å². The van der Waals surface area contributed by atoms with Crippen molar-refractivity contribution in [1.82, 2.24) is 19.6 Å². The van der Waals surface area contributed by atoms with Gasteiger partial charge >= 0.3 is 0 Å². The zero-order chi connectivity index (χ0) is 17.2. The average Bonchev–Trinajstić information content (AvgIpc) is 3.10. The molecule has 0 saturated carbocycles. The van der Waals surface area contributed by atoms with Gasteiger partial charge in [0.05, 0.1) is 0 Å². The molecule has 7 nitrogen and oxygen atoms in total. The molecule has 1 aliphatic heterocycles. The van der Waals surface area contributed by atoms with Crippen LogP contribution >= 0.6 is 35.5 Å². The number of guanidine groups is 1. The lowest BCUT2D eigenvalue weighted by molar-refractivity contribution is 0.146. The highest BCUT2D eigenvalue weighted by molar-refractivity contribution is 14.0. The first-order chi connectivity index (χ1) is 11.8. The van der Waals surface area contributed by atoms with Crippen LogP contribution in [0.2, 0.25) is 0 Å². The van der Waals surface area contributed by atoms with Gasteiger partial charge in [0.15, 0.2) is 5.96 Å². The maximum absolute atomic E-state index is 5.37. The summed E-state index contributed by atoms with van der Waals surface area (Å²) in [6.07, 6.45) is 1.86. The highest BCUT2D eigenvalue weighted by Gasteiger charge is 2.21. The molecule has 1 aliphatic rings. The number of ether oxygens (including phenoxy) is 1. The van der Waals surface area contributed by atoms with E-state index in [1.807, 2.05) is 6.92 Å². The molecule has 0 atom stereocenters. The van der Waals surface area contributed by atoms with E-state index in [-0.39, 0.29) is 24.0 Å². The Morgan fingerprint density at radius 1 is 1.24 bits per heavy atom. The standard InChI is InChI=1S/C16H30N6OS.HI/c1-4-14-19-16(24-20-14)22-11-9-21(10-12-22)15(17-5-2)18-8-7-13-23-6-3;/h4-13H2,1-3H3,(H,17,18);1H. The fourth-order valence-electron chi connectivity index (χ4n) is 2.55. The summed E-state index contributed by atoms with van der Waals surface area (Å²) in [7, 11) is 0. The molecule has 9 heteroatoms. The monoisotopic (exact) mass is 482 g/mol. The lowest BCUT2D eigenvalue weighted by Crippen LogP contribution is -2.52. The normalized spacial score (nSPS) is 15.2. The van der Waals surface area contributed by atoms with Crippen molar-refractivity contribution in [2.24, 2.45) is 4.99 Å². The molecule has 0 unspecified atom stereocenters. The number of aryl methyl sites for hydroxylation is 1. The van der Waals surface area contributed by atoms with Crippen LogP contribution in [0.15, 0.2) is 4.99 Å². The van der Waals surface area contributed by atoms with Gasteiger partial charge in [-0.2, -0.15) is 4.37 Å². The number of rotatable bonds is 8. The molecule has 0 amide bonds. The van der Waals surface area contributed by atoms with Gasteiger partial charge in [0.25, 0.3) is 0 Å². The minimum absolute atomic E-state index is 0. The Kier molecular flexibility index (Phi) is 11.3. The first kappa shape index (κ1) is 22.4. The van der Waals surface area contributed by atoms with E-state index in [1.165, 1.54) is 11.5 Å². The number of hydrogen-bond donors (Lipinski definition) is 1. The SMILES string of the molecule is CCNC(=NCCCOCC)N1CCN(c2nc(CC)ns2)CC1.I. The largest absolute Gasteiger partial charge is 0.382 e. The predicted octanol–water partition coefficient (Wildman–Crippen LogP) is 2.23.